The lowest BCUT2D eigenvalue weighted by molar-refractivity contribution is -0.149. The van der Waals surface area contributed by atoms with E-state index in [1.807, 2.05) is 0 Å². The number of carbonyl (C=O) groups excluding carboxylic acids is 3. The molecule has 2 N–H and O–H groups in total. The van der Waals surface area contributed by atoms with Crippen molar-refractivity contribution in [3.63, 3.8) is 0 Å². The smallest absolute Gasteiger partial charge is 0.337 e. The number of rotatable bonds is 5. The molecule has 8 heteroatoms. The first-order chi connectivity index (χ1) is 14.2. The normalized spacial score (nSPS) is 30.9. The van der Waals surface area contributed by atoms with Crippen LogP contribution >= 0.6 is 0 Å². The molecule has 4 atom stereocenters. The molecule has 0 unspecified atom stereocenters. The fourth-order valence-electron chi connectivity index (χ4n) is 3.38. The molecule has 1 aliphatic carbocycles. The number of hydrogen-bond acceptors (Lipinski definition) is 8. The predicted octanol–water partition coefficient (Wildman–Crippen LogP) is 1.53. The lowest BCUT2D eigenvalue weighted by Gasteiger charge is -2.28. The van der Waals surface area contributed by atoms with Crippen LogP contribution in [0.2, 0.25) is 0 Å². The van der Waals surface area contributed by atoms with Crippen LogP contribution in [-0.2, 0) is 28.6 Å². The lowest BCUT2D eigenvalue weighted by Crippen LogP contribution is -2.35. The summed E-state index contributed by atoms with van der Waals surface area (Å²) < 4.78 is 16.0. The largest absolute Gasteiger partial charge is 0.461 e. The first-order valence-corrected chi connectivity index (χ1v) is 9.72. The van der Waals surface area contributed by atoms with Crippen molar-refractivity contribution in [2.75, 3.05) is 13.2 Å². The Balaban J connectivity index is 2.37. The van der Waals surface area contributed by atoms with Crippen LogP contribution in [0, 0.1) is 5.92 Å². The van der Waals surface area contributed by atoms with E-state index in [9.17, 15) is 24.6 Å². The summed E-state index contributed by atoms with van der Waals surface area (Å²) in [5.41, 5.74) is 1.44. The second-order valence-electron chi connectivity index (χ2n) is 7.35. The van der Waals surface area contributed by atoms with E-state index in [-0.39, 0.29) is 37.2 Å². The molecule has 2 rings (SSSR count). The molecule has 0 spiro atoms. The van der Waals surface area contributed by atoms with E-state index < -0.39 is 42.1 Å². The molecule has 1 saturated heterocycles. The van der Waals surface area contributed by atoms with Crippen LogP contribution in [-0.4, -0.2) is 59.6 Å². The average Bonchev–Trinajstić information content (AvgIpc) is 2.96. The topological polar surface area (TPSA) is 119 Å². The van der Waals surface area contributed by atoms with Gasteiger partial charge in [-0.05, 0) is 37.5 Å². The molecule has 164 valence electrons. The molecule has 1 fully saturated rings. The molecule has 0 amide bonds. The van der Waals surface area contributed by atoms with Gasteiger partial charge in [0.15, 0.2) is 0 Å². The van der Waals surface area contributed by atoms with Crippen molar-refractivity contribution in [1.29, 1.82) is 0 Å². The summed E-state index contributed by atoms with van der Waals surface area (Å²) in [5, 5.41) is 20.0. The maximum Gasteiger partial charge on any atom is 0.337 e. The molecule has 0 bridgehead atoms. The summed E-state index contributed by atoms with van der Waals surface area (Å²) in [5.74, 6) is -2.54. The summed E-state index contributed by atoms with van der Waals surface area (Å²) in [6, 6.07) is 0. The van der Waals surface area contributed by atoms with Crippen molar-refractivity contribution in [1.82, 2.24) is 0 Å². The van der Waals surface area contributed by atoms with Crippen LogP contribution in [0.1, 0.15) is 33.6 Å². The van der Waals surface area contributed by atoms with E-state index in [1.54, 1.807) is 26.0 Å². The Morgan fingerprint density at radius 3 is 2.70 bits per heavy atom. The number of ether oxygens (including phenoxy) is 3. The first-order valence-electron chi connectivity index (χ1n) is 9.72. The maximum absolute atomic E-state index is 12.7. The lowest BCUT2D eigenvalue weighted by atomic mass is 9.85. The molecule has 0 saturated carbocycles. The number of aliphatic hydroxyl groups excluding tert-OH is 2. The number of esters is 3. The zero-order valence-electron chi connectivity index (χ0n) is 17.4. The van der Waals surface area contributed by atoms with Gasteiger partial charge in [0.05, 0.1) is 24.2 Å². The number of hydrogen-bond donors (Lipinski definition) is 2. The van der Waals surface area contributed by atoms with Crippen molar-refractivity contribution >= 4 is 17.9 Å². The van der Waals surface area contributed by atoms with Gasteiger partial charge < -0.3 is 24.4 Å². The van der Waals surface area contributed by atoms with E-state index in [2.05, 4.69) is 6.58 Å². The highest BCUT2D eigenvalue weighted by Gasteiger charge is 2.45. The summed E-state index contributed by atoms with van der Waals surface area (Å²) in [6.45, 7) is 7.82. The van der Waals surface area contributed by atoms with Gasteiger partial charge in [0.25, 0.3) is 0 Å². The van der Waals surface area contributed by atoms with Crippen LogP contribution in [0.3, 0.4) is 0 Å². The van der Waals surface area contributed by atoms with E-state index in [0.29, 0.717) is 11.1 Å². The van der Waals surface area contributed by atoms with Gasteiger partial charge in [-0.3, -0.25) is 4.79 Å². The Morgan fingerprint density at radius 1 is 1.40 bits per heavy atom. The summed E-state index contributed by atoms with van der Waals surface area (Å²) in [7, 11) is 0. The Morgan fingerprint density at radius 2 is 2.10 bits per heavy atom. The van der Waals surface area contributed by atoms with Gasteiger partial charge in [-0.15, -0.1) is 0 Å². The molecular formula is C22H28O8. The Labute approximate surface area is 175 Å². The minimum atomic E-state index is -0.855. The first kappa shape index (κ1) is 23.6. The van der Waals surface area contributed by atoms with Crippen molar-refractivity contribution in [3.05, 3.63) is 47.1 Å². The van der Waals surface area contributed by atoms with Gasteiger partial charge in [0.1, 0.15) is 18.8 Å². The number of fused-ring (bicyclic) bond motifs is 1. The van der Waals surface area contributed by atoms with E-state index in [0.717, 1.165) is 0 Å². The van der Waals surface area contributed by atoms with Crippen LogP contribution < -0.4 is 0 Å². The minimum Gasteiger partial charge on any atom is -0.461 e. The molecule has 0 radical (unpaired) electrons. The Hall–Kier alpha value is -2.71. The molecule has 1 aliphatic heterocycles. The monoisotopic (exact) mass is 420 g/mol. The maximum atomic E-state index is 12.7. The molecule has 8 nitrogen and oxygen atoms in total. The third-order valence-electron chi connectivity index (χ3n) is 5.21. The SMILES string of the molecule is C=C1C(=O)O[C@H]2/C=C(/C)[C@@H](O)C/C=C(\CO)C[C@@H](OC(=O)/C(=C/C)COC(C)=O)[C@@H]12. The molecule has 0 aromatic rings. The summed E-state index contributed by atoms with van der Waals surface area (Å²) in [4.78, 5) is 36.0. The summed E-state index contributed by atoms with van der Waals surface area (Å²) >= 11 is 0. The van der Waals surface area contributed by atoms with Gasteiger partial charge in [0.2, 0.25) is 0 Å². The standard InChI is InChI=1S/C22H28O8/c1-5-16(11-28-14(4)24)22(27)30-19-9-15(10-23)6-7-17(25)12(2)8-18-20(19)13(3)21(26)29-18/h5-6,8,17-20,23,25H,3,7,9-11H2,1-2,4H3/b12-8-,15-6-,16-5+/t17-,18-,19+,20-/m0/s1. The fraction of sp³-hybridized carbons (Fsp3) is 0.500. The highest BCUT2D eigenvalue weighted by atomic mass is 16.6. The molecule has 0 aromatic carbocycles. The average molecular weight is 420 g/mol. The highest BCUT2D eigenvalue weighted by Crippen LogP contribution is 2.36. The van der Waals surface area contributed by atoms with Crippen molar-refractivity contribution in [2.45, 2.75) is 51.9 Å². The van der Waals surface area contributed by atoms with Crippen LogP contribution in [0.15, 0.2) is 47.1 Å². The summed E-state index contributed by atoms with van der Waals surface area (Å²) in [6.07, 6.45) is 2.79. The molecule has 0 aromatic heterocycles. The Kier molecular flexibility index (Phi) is 8.14. The van der Waals surface area contributed by atoms with Crippen molar-refractivity contribution in [2.24, 2.45) is 5.92 Å². The van der Waals surface area contributed by atoms with Gasteiger partial charge in [0, 0.05) is 18.9 Å². The number of carbonyl (C=O) groups is 3. The van der Waals surface area contributed by atoms with E-state index in [1.165, 1.54) is 13.0 Å². The Bertz CT molecular complexity index is 804. The van der Waals surface area contributed by atoms with Gasteiger partial charge in [-0.1, -0.05) is 18.7 Å². The fourth-order valence-corrected chi connectivity index (χ4v) is 3.38. The molecular weight excluding hydrogens is 392 g/mol. The van der Waals surface area contributed by atoms with E-state index >= 15 is 0 Å². The zero-order valence-corrected chi connectivity index (χ0v) is 17.4. The zero-order chi connectivity index (χ0) is 22.4. The van der Waals surface area contributed by atoms with Crippen LogP contribution in [0.5, 0.6) is 0 Å². The van der Waals surface area contributed by atoms with Crippen LogP contribution in [0.25, 0.3) is 0 Å². The van der Waals surface area contributed by atoms with Gasteiger partial charge in [-0.25, -0.2) is 9.59 Å². The number of aliphatic hydroxyl groups is 2. The molecule has 30 heavy (non-hydrogen) atoms. The highest BCUT2D eigenvalue weighted by molar-refractivity contribution is 5.92. The third-order valence-corrected chi connectivity index (χ3v) is 5.21. The van der Waals surface area contributed by atoms with Crippen molar-refractivity contribution in [3.8, 4) is 0 Å². The number of allylic oxidation sites excluding steroid dienone is 1. The second kappa shape index (κ2) is 10.4. The van der Waals surface area contributed by atoms with E-state index in [4.69, 9.17) is 14.2 Å². The predicted molar refractivity (Wildman–Crippen MR) is 107 cm³/mol. The molecule has 2 aliphatic rings. The molecule has 1 heterocycles. The third kappa shape index (κ3) is 5.67. The quantitative estimate of drug-likeness (QED) is 0.297. The van der Waals surface area contributed by atoms with Crippen LogP contribution in [0.4, 0.5) is 0 Å². The minimum absolute atomic E-state index is 0.128. The van der Waals surface area contributed by atoms with Gasteiger partial charge in [-0.2, -0.15) is 0 Å². The van der Waals surface area contributed by atoms with Gasteiger partial charge >= 0.3 is 17.9 Å². The van der Waals surface area contributed by atoms with Crippen molar-refractivity contribution < 1.29 is 38.8 Å². The second-order valence-corrected chi connectivity index (χ2v) is 7.35.